The molecule has 0 radical (unpaired) electrons. The molecule has 1 amide bonds. The third kappa shape index (κ3) is 4.38. The minimum absolute atomic E-state index is 0.131. The number of carbonyl (C=O) groups is 1. The topological polar surface area (TPSA) is 68.2 Å². The second-order valence-electron chi connectivity index (χ2n) is 8.19. The van der Waals surface area contributed by atoms with Crippen LogP contribution in [-0.2, 0) is 11.2 Å². The van der Waals surface area contributed by atoms with Gasteiger partial charge >= 0.3 is 0 Å². The Balaban J connectivity index is 1.37. The number of likely N-dealkylation sites (tertiary alicyclic amines) is 1. The van der Waals surface area contributed by atoms with Gasteiger partial charge in [-0.1, -0.05) is 24.3 Å². The van der Waals surface area contributed by atoms with Gasteiger partial charge in [-0.25, -0.2) is 0 Å². The first-order chi connectivity index (χ1) is 14.6. The van der Waals surface area contributed by atoms with E-state index in [0.29, 0.717) is 42.7 Å². The number of ether oxygens (including phenoxy) is 3. The van der Waals surface area contributed by atoms with E-state index >= 15 is 0 Å². The number of aliphatic hydroxyl groups is 1. The standard InChI is InChI=1S/C24H29NO5/c1-28-19-9-7-16(8-10-19)11-24(27)25-14-17-12-20(26)23(13-18(17)15-25)30-22-6-4-3-5-21(22)29-2/h3-10,17-18,20,23,26H,11-15H2,1-2H3/t17-,18+,20+,23+/m0/s1. The second-order valence-corrected chi connectivity index (χ2v) is 8.19. The first-order valence-corrected chi connectivity index (χ1v) is 10.5. The van der Waals surface area contributed by atoms with Crippen molar-refractivity contribution in [3.8, 4) is 17.2 Å². The molecule has 1 saturated carbocycles. The summed E-state index contributed by atoms with van der Waals surface area (Å²) < 4.78 is 16.7. The summed E-state index contributed by atoms with van der Waals surface area (Å²) in [5.41, 5.74) is 0.980. The lowest BCUT2D eigenvalue weighted by Crippen LogP contribution is -2.42. The van der Waals surface area contributed by atoms with E-state index in [-0.39, 0.29) is 12.0 Å². The Hall–Kier alpha value is -2.73. The molecule has 6 heteroatoms. The van der Waals surface area contributed by atoms with Gasteiger partial charge in [-0.15, -0.1) is 0 Å². The summed E-state index contributed by atoms with van der Waals surface area (Å²) in [5.74, 6) is 2.88. The molecule has 0 aromatic heterocycles. The maximum absolute atomic E-state index is 12.8. The molecule has 160 valence electrons. The van der Waals surface area contributed by atoms with Gasteiger partial charge < -0.3 is 24.2 Å². The Bertz CT molecular complexity index is 868. The summed E-state index contributed by atoms with van der Waals surface area (Å²) in [6.45, 7) is 1.43. The lowest BCUT2D eigenvalue weighted by atomic mass is 9.78. The number of fused-ring (bicyclic) bond motifs is 1. The van der Waals surface area contributed by atoms with Crippen LogP contribution in [0.3, 0.4) is 0 Å². The highest BCUT2D eigenvalue weighted by molar-refractivity contribution is 5.79. The second kappa shape index (κ2) is 8.96. The third-order valence-electron chi connectivity index (χ3n) is 6.30. The van der Waals surface area contributed by atoms with Crippen LogP contribution >= 0.6 is 0 Å². The molecule has 2 aliphatic rings. The molecule has 1 aliphatic heterocycles. The van der Waals surface area contributed by atoms with Crippen molar-refractivity contribution in [2.45, 2.75) is 31.5 Å². The highest BCUT2D eigenvalue weighted by Crippen LogP contribution is 2.39. The number of carbonyl (C=O) groups excluding carboxylic acids is 1. The summed E-state index contributed by atoms with van der Waals surface area (Å²) in [6, 6.07) is 15.1. The number of nitrogens with zero attached hydrogens (tertiary/aromatic N) is 1. The van der Waals surface area contributed by atoms with Crippen LogP contribution in [0.5, 0.6) is 17.2 Å². The number of amides is 1. The van der Waals surface area contributed by atoms with Crippen LogP contribution in [0.4, 0.5) is 0 Å². The molecule has 1 aliphatic carbocycles. The Morgan fingerprint density at radius 3 is 2.30 bits per heavy atom. The van der Waals surface area contributed by atoms with E-state index < -0.39 is 6.10 Å². The van der Waals surface area contributed by atoms with Crippen LogP contribution in [0, 0.1) is 11.8 Å². The average molecular weight is 411 g/mol. The maximum Gasteiger partial charge on any atom is 0.227 e. The SMILES string of the molecule is COc1ccc(CC(=O)N2C[C@H]3C[C@@H](Oc4ccccc4OC)[C@H](O)C[C@H]3C2)cc1. The van der Waals surface area contributed by atoms with Gasteiger partial charge in [0.05, 0.1) is 26.7 Å². The molecule has 2 fully saturated rings. The first kappa shape index (κ1) is 20.5. The molecule has 1 saturated heterocycles. The Morgan fingerprint density at radius 1 is 0.967 bits per heavy atom. The molecular weight excluding hydrogens is 382 g/mol. The van der Waals surface area contributed by atoms with Gasteiger partial charge in [0.25, 0.3) is 0 Å². The molecule has 1 N–H and O–H groups in total. The van der Waals surface area contributed by atoms with Crippen molar-refractivity contribution in [2.24, 2.45) is 11.8 Å². The Morgan fingerprint density at radius 2 is 1.63 bits per heavy atom. The molecule has 2 aromatic carbocycles. The largest absolute Gasteiger partial charge is 0.497 e. The lowest BCUT2D eigenvalue weighted by molar-refractivity contribution is -0.129. The minimum Gasteiger partial charge on any atom is -0.497 e. The number of benzene rings is 2. The highest BCUT2D eigenvalue weighted by atomic mass is 16.5. The van der Waals surface area contributed by atoms with Crippen molar-refractivity contribution in [3.05, 3.63) is 54.1 Å². The molecule has 4 atom stereocenters. The highest BCUT2D eigenvalue weighted by Gasteiger charge is 2.44. The van der Waals surface area contributed by atoms with Gasteiger partial charge in [0.1, 0.15) is 11.9 Å². The zero-order valence-corrected chi connectivity index (χ0v) is 17.5. The molecule has 0 unspecified atom stereocenters. The predicted octanol–water partition coefficient (Wildman–Crippen LogP) is 2.92. The number of aliphatic hydroxyl groups excluding tert-OH is 1. The van der Waals surface area contributed by atoms with Crippen LogP contribution in [0.1, 0.15) is 18.4 Å². The number of hydrogen-bond acceptors (Lipinski definition) is 5. The summed E-state index contributed by atoms with van der Waals surface area (Å²) in [5, 5.41) is 10.7. The minimum atomic E-state index is -0.548. The molecule has 0 bridgehead atoms. The molecule has 6 nitrogen and oxygen atoms in total. The summed E-state index contributed by atoms with van der Waals surface area (Å²) in [4.78, 5) is 14.8. The Kier molecular flexibility index (Phi) is 6.13. The molecule has 2 aromatic rings. The van der Waals surface area contributed by atoms with Crippen molar-refractivity contribution in [1.29, 1.82) is 0 Å². The molecule has 30 heavy (non-hydrogen) atoms. The Labute approximate surface area is 177 Å². The predicted molar refractivity (Wildman–Crippen MR) is 113 cm³/mol. The molecule has 1 heterocycles. The zero-order valence-electron chi connectivity index (χ0n) is 17.5. The summed E-state index contributed by atoms with van der Waals surface area (Å²) in [6.07, 6.45) is 0.923. The van der Waals surface area contributed by atoms with Crippen molar-refractivity contribution < 1.29 is 24.1 Å². The van der Waals surface area contributed by atoms with Gasteiger partial charge in [0, 0.05) is 13.1 Å². The van der Waals surface area contributed by atoms with Crippen LogP contribution < -0.4 is 14.2 Å². The smallest absolute Gasteiger partial charge is 0.227 e. The van der Waals surface area contributed by atoms with E-state index in [9.17, 15) is 9.90 Å². The maximum atomic E-state index is 12.8. The van der Waals surface area contributed by atoms with Gasteiger partial charge in [-0.05, 0) is 54.5 Å². The van der Waals surface area contributed by atoms with Crippen molar-refractivity contribution in [1.82, 2.24) is 4.90 Å². The van der Waals surface area contributed by atoms with E-state index in [4.69, 9.17) is 14.2 Å². The molecule has 0 spiro atoms. The zero-order chi connectivity index (χ0) is 21.1. The van der Waals surface area contributed by atoms with E-state index in [1.165, 1.54) is 0 Å². The fourth-order valence-electron chi connectivity index (χ4n) is 4.63. The van der Waals surface area contributed by atoms with Gasteiger partial charge in [-0.2, -0.15) is 0 Å². The van der Waals surface area contributed by atoms with Gasteiger partial charge in [0.2, 0.25) is 5.91 Å². The normalized spacial score (nSPS) is 25.5. The van der Waals surface area contributed by atoms with E-state index in [1.54, 1.807) is 14.2 Å². The van der Waals surface area contributed by atoms with Crippen LogP contribution in [0.25, 0.3) is 0 Å². The number of para-hydroxylation sites is 2. The monoisotopic (exact) mass is 411 g/mol. The number of methoxy groups -OCH3 is 2. The van der Waals surface area contributed by atoms with E-state index in [1.807, 2.05) is 53.4 Å². The van der Waals surface area contributed by atoms with Crippen LogP contribution in [0.15, 0.2) is 48.5 Å². The van der Waals surface area contributed by atoms with Gasteiger partial charge in [0.15, 0.2) is 11.5 Å². The first-order valence-electron chi connectivity index (χ1n) is 10.5. The number of rotatable bonds is 6. The summed E-state index contributed by atoms with van der Waals surface area (Å²) >= 11 is 0. The summed E-state index contributed by atoms with van der Waals surface area (Å²) in [7, 11) is 3.24. The van der Waals surface area contributed by atoms with Gasteiger partial charge in [-0.3, -0.25) is 4.79 Å². The lowest BCUT2D eigenvalue weighted by Gasteiger charge is -2.35. The number of hydrogen-bond donors (Lipinski definition) is 1. The van der Waals surface area contributed by atoms with Crippen molar-refractivity contribution in [3.63, 3.8) is 0 Å². The fraction of sp³-hybridized carbons (Fsp3) is 0.458. The van der Waals surface area contributed by atoms with Crippen molar-refractivity contribution in [2.75, 3.05) is 27.3 Å². The van der Waals surface area contributed by atoms with E-state index in [0.717, 1.165) is 24.3 Å². The van der Waals surface area contributed by atoms with Crippen LogP contribution in [0.2, 0.25) is 0 Å². The van der Waals surface area contributed by atoms with E-state index in [2.05, 4.69) is 0 Å². The van der Waals surface area contributed by atoms with Crippen molar-refractivity contribution >= 4 is 5.91 Å². The quantitative estimate of drug-likeness (QED) is 0.792. The average Bonchev–Trinajstić information content (AvgIpc) is 3.18. The fourth-order valence-corrected chi connectivity index (χ4v) is 4.63. The molecule has 4 rings (SSSR count). The molecular formula is C24H29NO5. The third-order valence-corrected chi connectivity index (χ3v) is 6.30. The van der Waals surface area contributed by atoms with Crippen LogP contribution in [-0.4, -0.2) is 55.4 Å².